The van der Waals surface area contributed by atoms with Gasteiger partial charge in [0.2, 0.25) is 0 Å². The molecule has 0 unspecified atom stereocenters. The highest BCUT2D eigenvalue weighted by atomic mass is 32.2. The number of aryl methyl sites for hydroxylation is 1. The normalized spacial score (nSPS) is 9.56. The molecule has 5 heteroatoms. The summed E-state index contributed by atoms with van der Waals surface area (Å²) in [5.41, 5.74) is 1.32. The van der Waals surface area contributed by atoms with E-state index in [0.717, 1.165) is 5.69 Å². The highest BCUT2D eigenvalue weighted by molar-refractivity contribution is 7.99. The molecule has 0 radical (unpaired) electrons. The Morgan fingerprint density at radius 3 is 3.00 bits per heavy atom. The molecule has 1 rings (SSSR count). The molecule has 1 aromatic heterocycles. The monoisotopic (exact) mass is 236 g/mol. The van der Waals surface area contributed by atoms with Crippen molar-refractivity contribution in [1.82, 2.24) is 4.98 Å². The minimum atomic E-state index is -0.269. The zero-order valence-corrected chi connectivity index (χ0v) is 10.0. The molecule has 16 heavy (non-hydrogen) atoms. The third kappa shape index (κ3) is 3.91. The lowest BCUT2D eigenvalue weighted by molar-refractivity contribution is -0.139. The SMILES string of the molecule is CCOC(=O)CSc1cc(C#N)cc(C)n1. The largest absolute Gasteiger partial charge is 0.465 e. The molecule has 1 aromatic rings. The highest BCUT2D eigenvalue weighted by Gasteiger charge is 2.05. The minimum absolute atomic E-state index is 0.217. The summed E-state index contributed by atoms with van der Waals surface area (Å²) in [6, 6.07) is 5.42. The number of aromatic nitrogens is 1. The maximum absolute atomic E-state index is 11.1. The maximum atomic E-state index is 11.1. The van der Waals surface area contributed by atoms with E-state index in [1.165, 1.54) is 11.8 Å². The molecule has 0 aromatic carbocycles. The first-order valence-corrected chi connectivity index (χ1v) is 5.81. The van der Waals surface area contributed by atoms with E-state index >= 15 is 0 Å². The maximum Gasteiger partial charge on any atom is 0.316 e. The van der Waals surface area contributed by atoms with Crippen LogP contribution in [0.3, 0.4) is 0 Å². The first-order valence-electron chi connectivity index (χ1n) is 4.83. The summed E-state index contributed by atoms with van der Waals surface area (Å²) in [6.45, 7) is 3.96. The summed E-state index contributed by atoms with van der Waals surface area (Å²) in [4.78, 5) is 15.3. The van der Waals surface area contributed by atoms with Crippen molar-refractivity contribution < 1.29 is 9.53 Å². The third-order valence-electron chi connectivity index (χ3n) is 1.70. The van der Waals surface area contributed by atoms with E-state index in [-0.39, 0.29) is 11.7 Å². The molecule has 0 fully saturated rings. The molecule has 0 N–H and O–H groups in total. The molecule has 0 saturated carbocycles. The zero-order valence-electron chi connectivity index (χ0n) is 9.19. The van der Waals surface area contributed by atoms with Crippen LogP contribution in [0.25, 0.3) is 0 Å². The highest BCUT2D eigenvalue weighted by Crippen LogP contribution is 2.17. The quantitative estimate of drug-likeness (QED) is 0.590. The van der Waals surface area contributed by atoms with Gasteiger partial charge in [-0.15, -0.1) is 0 Å². The summed E-state index contributed by atoms with van der Waals surface area (Å²) < 4.78 is 4.80. The van der Waals surface area contributed by atoms with Gasteiger partial charge in [-0.25, -0.2) is 4.98 Å². The van der Waals surface area contributed by atoms with E-state index in [9.17, 15) is 4.79 Å². The second-order valence-corrected chi connectivity index (χ2v) is 4.04. The first kappa shape index (κ1) is 12.5. The standard InChI is InChI=1S/C11H12N2O2S/c1-3-15-11(14)7-16-10-5-9(6-12)4-8(2)13-10/h4-5H,3,7H2,1-2H3. The smallest absolute Gasteiger partial charge is 0.316 e. The number of esters is 1. The predicted molar refractivity (Wildman–Crippen MR) is 61.0 cm³/mol. The van der Waals surface area contributed by atoms with Crippen LogP contribution in [0.5, 0.6) is 0 Å². The number of hydrogen-bond acceptors (Lipinski definition) is 5. The van der Waals surface area contributed by atoms with Gasteiger partial charge in [-0.1, -0.05) is 11.8 Å². The van der Waals surface area contributed by atoms with Crippen LogP contribution in [0.1, 0.15) is 18.2 Å². The number of nitrogens with zero attached hydrogens (tertiary/aromatic N) is 2. The first-order chi connectivity index (χ1) is 7.65. The molecule has 0 aliphatic carbocycles. The minimum Gasteiger partial charge on any atom is -0.465 e. The second-order valence-electron chi connectivity index (χ2n) is 3.04. The molecule has 0 aliphatic heterocycles. The Labute approximate surface area is 98.6 Å². The summed E-state index contributed by atoms with van der Waals surface area (Å²) in [6.07, 6.45) is 0. The van der Waals surface area contributed by atoms with Gasteiger partial charge in [-0.3, -0.25) is 4.79 Å². The number of thioether (sulfide) groups is 1. The van der Waals surface area contributed by atoms with Crippen molar-refractivity contribution >= 4 is 17.7 Å². The molecule has 0 saturated heterocycles. The van der Waals surface area contributed by atoms with Crippen LogP contribution in [-0.4, -0.2) is 23.3 Å². The van der Waals surface area contributed by atoms with Gasteiger partial charge < -0.3 is 4.74 Å². The fourth-order valence-electron chi connectivity index (χ4n) is 1.11. The van der Waals surface area contributed by atoms with Gasteiger partial charge in [0.1, 0.15) is 0 Å². The Balaban J connectivity index is 2.64. The zero-order chi connectivity index (χ0) is 12.0. The number of nitriles is 1. The van der Waals surface area contributed by atoms with E-state index < -0.39 is 0 Å². The molecule has 0 amide bonds. The summed E-state index contributed by atoms with van der Waals surface area (Å²) in [5.74, 6) is -0.0517. The fraction of sp³-hybridized carbons (Fsp3) is 0.364. The van der Waals surface area contributed by atoms with Crippen LogP contribution in [0.2, 0.25) is 0 Å². The average Bonchev–Trinajstić information content (AvgIpc) is 2.26. The van der Waals surface area contributed by atoms with Crippen molar-refractivity contribution in [2.24, 2.45) is 0 Å². The molecule has 0 bridgehead atoms. The van der Waals surface area contributed by atoms with E-state index in [1.54, 1.807) is 19.1 Å². The molecule has 4 nitrogen and oxygen atoms in total. The molecular formula is C11H12N2O2S. The van der Waals surface area contributed by atoms with Crippen LogP contribution in [0.15, 0.2) is 17.2 Å². The van der Waals surface area contributed by atoms with Crippen LogP contribution >= 0.6 is 11.8 Å². The van der Waals surface area contributed by atoms with Gasteiger partial charge in [-0.05, 0) is 26.0 Å². The lowest BCUT2D eigenvalue weighted by Crippen LogP contribution is -2.06. The van der Waals surface area contributed by atoms with Crippen LogP contribution in [-0.2, 0) is 9.53 Å². The molecule has 0 aliphatic rings. The van der Waals surface area contributed by atoms with E-state index in [1.807, 2.05) is 6.92 Å². The van der Waals surface area contributed by atoms with E-state index in [2.05, 4.69) is 11.1 Å². The molecular weight excluding hydrogens is 224 g/mol. The molecule has 1 heterocycles. The van der Waals surface area contributed by atoms with Crippen molar-refractivity contribution in [3.8, 4) is 6.07 Å². The van der Waals surface area contributed by atoms with Gasteiger partial charge >= 0.3 is 5.97 Å². The number of ether oxygens (including phenoxy) is 1. The Hall–Kier alpha value is -1.54. The van der Waals surface area contributed by atoms with Crippen molar-refractivity contribution in [2.75, 3.05) is 12.4 Å². The Morgan fingerprint density at radius 2 is 2.38 bits per heavy atom. The third-order valence-corrected chi connectivity index (χ3v) is 2.59. The lowest BCUT2D eigenvalue weighted by atomic mass is 10.2. The predicted octanol–water partition coefficient (Wildman–Crippen LogP) is 1.92. The van der Waals surface area contributed by atoms with E-state index in [4.69, 9.17) is 10.00 Å². The molecule has 0 spiro atoms. The number of carbonyl (C=O) groups is 1. The number of carbonyl (C=O) groups excluding carboxylic acids is 1. The Morgan fingerprint density at radius 1 is 1.62 bits per heavy atom. The summed E-state index contributed by atoms with van der Waals surface area (Å²) >= 11 is 1.28. The van der Waals surface area contributed by atoms with E-state index in [0.29, 0.717) is 17.2 Å². The number of pyridine rings is 1. The van der Waals surface area contributed by atoms with Crippen LogP contribution < -0.4 is 0 Å². The topological polar surface area (TPSA) is 63.0 Å². The summed E-state index contributed by atoms with van der Waals surface area (Å²) in [5, 5.41) is 9.44. The average molecular weight is 236 g/mol. The van der Waals surface area contributed by atoms with Crippen LogP contribution in [0.4, 0.5) is 0 Å². The van der Waals surface area contributed by atoms with Gasteiger partial charge in [-0.2, -0.15) is 5.26 Å². The van der Waals surface area contributed by atoms with Gasteiger partial charge in [0, 0.05) is 5.69 Å². The summed E-state index contributed by atoms with van der Waals surface area (Å²) in [7, 11) is 0. The van der Waals surface area contributed by atoms with Gasteiger partial charge in [0.15, 0.2) is 0 Å². The fourth-order valence-corrected chi connectivity index (χ4v) is 1.88. The lowest BCUT2D eigenvalue weighted by Gasteiger charge is -2.02. The van der Waals surface area contributed by atoms with Gasteiger partial charge in [0.05, 0.1) is 29.0 Å². The van der Waals surface area contributed by atoms with Crippen LogP contribution in [0, 0.1) is 18.3 Å². The Kier molecular flexibility index (Phi) is 4.80. The Bertz CT molecular complexity index is 426. The number of rotatable bonds is 4. The van der Waals surface area contributed by atoms with Crippen molar-refractivity contribution in [1.29, 1.82) is 5.26 Å². The molecule has 0 atom stereocenters. The molecule has 84 valence electrons. The van der Waals surface area contributed by atoms with Gasteiger partial charge in [0.25, 0.3) is 0 Å². The number of hydrogen-bond donors (Lipinski definition) is 0. The van der Waals surface area contributed by atoms with Crippen molar-refractivity contribution in [3.63, 3.8) is 0 Å². The second kappa shape index (κ2) is 6.13. The van der Waals surface area contributed by atoms with Crippen molar-refractivity contribution in [2.45, 2.75) is 18.9 Å². The van der Waals surface area contributed by atoms with Crippen molar-refractivity contribution in [3.05, 3.63) is 23.4 Å².